The highest BCUT2D eigenvalue weighted by Gasteiger charge is 2.31. The second-order valence-electron chi connectivity index (χ2n) is 5.95. The lowest BCUT2D eigenvalue weighted by molar-refractivity contribution is -0.130. The van der Waals surface area contributed by atoms with E-state index in [1.54, 1.807) is 12.3 Å². The molecule has 1 heterocycles. The second kappa shape index (κ2) is 5.06. The Balaban J connectivity index is 1.94. The molecule has 1 atom stereocenters. The van der Waals surface area contributed by atoms with E-state index in [2.05, 4.69) is 6.07 Å². The summed E-state index contributed by atoms with van der Waals surface area (Å²) in [5, 5.41) is 11.9. The van der Waals surface area contributed by atoms with Crippen LogP contribution in [-0.4, -0.2) is 11.6 Å². The summed E-state index contributed by atoms with van der Waals surface area (Å²) in [6.45, 7) is 0. The molecule has 0 aliphatic heterocycles. The zero-order valence-electron chi connectivity index (χ0n) is 12.3. The standard InChI is InChI=1S/C19H13NO3/c20-9-11-1-4-14-12(7-11)2-6-18-19(14)16(10-23-18)15-5-3-13(21)8-17(15)22/h1-2,4,6-7,10,15H,3,5,8H2/t15-/m1/s1. The van der Waals surface area contributed by atoms with Crippen LogP contribution in [0.4, 0.5) is 0 Å². The van der Waals surface area contributed by atoms with E-state index in [1.165, 1.54) is 0 Å². The minimum absolute atomic E-state index is 0.0146. The Hall–Kier alpha value is -2.93. The zero-order chi connectivity index (χ0) is 16.0. The summed E-state index contributed by atoms with van der Waals surface area (Å²) in [5.74, 6) is -0.299. The van der Waals surface area contributed by atoms with Gasteiger partial charge in [0.1, 0.15) is 17.1 Å². The van der Waals surface area contributed by atoms with Crippen molar-refractivity contribution in [2.24, 2.45) is 0 Å². The molecule has 2 aromatic carbocycles. The molecule has 0 N–H and O–H groups in total. The normalized spacial score (nSPS) is 18.5. The Bertz CT molecular complexity index is 1010. The highest BCUT2D eigenvalue weighted by atomic mass is 16.3. The number of hydrogen-bond acceptors (Lipinski definition) is 4. The summed E-state index contributed by atoms with van der Waals surface area (Å²) in [7, 11) is 0. The van der Waals surface area contributed by atoms with Crippen molar-refractivity contribution in [3.63, 3.8) is 0 Å². The molecule has 4 nitrogen and oxygen atoms in total. The predicted octanol–water partition coefficient (Wildman–Crippen LogP) is 3.86. The van der Waals surface area contributed by atoms with E-state index in [0.29, 0.717) is 18.4 Å². The van der Waals surface area contributed by atoms with Crippen LogP contribution in [0.25, 0.3) is 21.7 Å². The van der Waals surface area contributed by atoms with Gasteiger partial charge in [-0.3, -0.25) is 9.59 Å². The lowest BCUT2D eigenvalue weighted by atomic mass is 9.81. The van der Waals surface area contributed by atoms with Crippen LogP contribution < -0.4 is 0 Å². The molecule has 0 bridgehead atoms. The Morgan fingerprint density at radius 2 is 2.04 bits per heavy atom. The number of nitriles is 1. The van der Waals surface area contributed by atoms with Crippen LogP contribution in [0.15, 0.2) is 41.0 Å². The van der Waals surface area contributed by atoms with Crippen molar-refractivity contribution in [3.8, 4) is 6.07 Å². The van der Waals surface area contributed by atoms with E-state index in [4.69, 9.17) is 9.68 Å². The molecular weight excluding hydrogens is 290 g/mol. The summed E-state index contributed by atoms with van der Waals surface area (Å²) in [4.78, 5) is 23.7. The average Bonchev–Trinajstić information content (AvgIpc) is 2.98. The molecule has 112 valence electrons. The van der Waals surface area contributed by atoms with Crippen molar-refractivity contribution in [3.05, 3.63) is 47.7 Å². The molecule has 4 rings (SSSR count). The molecule has 0 radical (unpaired) electrons. The average molecular weight is 303 g/mol. The maximum atomic E-state index is 12.3. The fourth-order valence-corrected chi connectivity index (χ4v) is 3.42. The van der Waals surface area contributed by atoms with Crippen LogP contribution >= 0.6 is 0 Å². The number of fused-ring (bicyclic) bond motifs is 3. The van der Waals surface area contributed by atoms with E-state index in [9.17, 15) is 9.59 Å². The number of carbonyl (C=O) groups is 2. The quantitative estimate of drug-likeness (QED) is 0.640. The molecule has 1 aromatic heterocycles. The topological polar surface area (TPSA) is 71.1 Å². The van der Waals surface area contributed by atoms with Gasteiger partial charge < -0.3 is 4.42 Å². The van der Waals surface area contributed by atoms with Gasteiger partial charge in [-0.2, -0.15) is 5.26 Å². The van der Waals surface area contributed by atoms with Gasteiger partial charge in [-0.05, 0) is 35.4 Å². The van der Waals surface area contributed by atoms with Crippen LogP contribution in [0.1, 0.15) is 36.3 Å². The van der Waals surface area contributed by atoms with Gasteiger partial charge >= 0.3 is 0 Å². The predicted molar refractivity (Wildman–Crippen MR) is 85.0 cm³/mol. The van der Waals surface area contributed by atoms with Gasteiger partial charge in [-0.1, -0.05) is 12.1 Å². The summed E-state index contributed by atoms with van der Waals surface area (Å²) in [5.41, 5.74) is 2.18. The number of Topliss-reactive ketones (excluding diaryl/α,β-unsaturated/α-hetero) is 2. The van der Waals surface area contributed by atoms with Gasteiger partial charge in [-0.25, -0.2) is 0 Å². The Labute approximate surface area is 132 Å². The van der Waals surface area contributed by atoms with Gasteiger partial charge in [0.15, 0.2) is 0 Å². The van der Waals surface area contributed by atoms with Crippen molar-refractivity contribution in [1.29, 1.82) is 5.26 Å². The summed E-state index contributed by atoms with van der Waals surface area (Å²) >= 11 is 0. The highest BCUT2D eigenvalue weighted by Crippen LogP contribution is 2.38. The van der Waals surface area contributed by atoms with Crippen molar-refractivity contribution in [2.75, 3.05) is 0 Å². The molecule has 0 unspecified atom stereocenters. The maximum absolute atomic E-state index is 12.3. The molecular formula is C19H13NO3. The summed E-state index contributed by atoms with van der Waals surface area (Å²) < 4.78 is 5.64. The number of ketones is 2. The van der Waals surface area contributed by atoms with Crippen LogP contribution in [0.5, 0.6) is 0 Å². The van der Waals surface area contributed by atoms with Gasteiger partial charge in [-0.15, -0.1) is 0 Å². The first-order chi connectivity index (χ1) is 11.2. The van der Waals surface area contributed by atoms with E-state index in [1.807, 2.05) is 24.3 Å². The number of carbonyl (C=O) groups excluding carboxylic acids is 2. The van der Waals surface area contributed by atoms with Crippen LogP contribution in [0.3, 0.4) is 0 Å². The molecule has 3 aromatic rings. The fourth-order valence-electron chi connectivity index (χ4n) is 3.42. The monoisotopic (exact) mass is 303 g/mol. The first-order valence-corrected chi connectivity index (χ1v) is 7.56. The molecule has 1 saturated carbocycles. The third-order valence-corrected chi connectivity index (χ3v) is 4.56. The van der Waals surface area contributed by atoms with Gasteiger partial charge in [0.2, 0.25) is 0 Å². The smallest absolute Gasteiger partial charge is 0.147 e. The summed E-state index contributed by atoms with van der Waals surface area (Å²) in [6, 6.07) is 11.4. The number of hydrogen-bond donors (Lipinski definition) is 0. The maximum Gasteiger partial charge on any atom is 0.147 e. The fraction of sp³-hybridized carbons (Fsp3) is 0.211. The Kier molecular flexibility index (Phi) is 3.02. The molecule has 0 amide bonds. The largest absolute Gasteiger partial charge is 0.464 e. The number of nitrogens with zero attached hydrogens (tertiary/aromatic N) is 1. The Morgan fingerprint density at radius 1 is 1.17 bits per heavy atom. The molecule has 4 heteroatoms. The first kappa shape index (κ1) is 13.7. The highest BCUT2D eigenvalue weighted by molar-refractivity contribution is 6.11. The number of benzene rings is 2. The number of rotatable bonds is 1. The van der Waals surface area contributed by atoms with Crippen LogP contribution in [-0.2, 0) is 9.59 Å². The van der Waals surface area contributed by atoms with Crippen molar-refractivity contribution >= 4 is 33.3 Å². The third kappa shape index (κ3) is 2.13. The molecule has 0 saturated heterocycles. The minimum atomic E-state index is -0.282. The molecule has 1 fully saturated rings. The number of furan rings is 1. The van der Waals surface area contributed by atoms with Crippen molar-refractivity contribution in [2.45, 2.75) is 25.2 Å². The van der Waals surface area contributed by atoms with Crippen molar-refractivity contribution < 1.29 is 14.0 Å². The van der Waals surface area contributed by atoms with Crippen molar-refractivity contribution in [1.82, 2.24) is 0 Å². The Morgan fingerprint density at radius 3 is 2.83 bits per heavy atom. The van der Waals surface area contributed by atoms with Crippen LogP contribution in [0.2, 0.25) is 0 Å². The summed E-state index contributed by atoms with van der Waals surface area (Å²) in [6.07, 6.45) is 2.63. The molecule has 0 spiro atoms. The molecule has 1 aliphatic rings. The zero-order valence-corrected chi connectivity index (χ0v) is 12.3. The van der Waals surface area contributed by atoms with Gasteiger partial charge in [0.05, 0.1) is 24.3 Å². The van der Waals surface area contributed by atoms with E-state index in [-0.39, 0.29) is 23.9 Å². The van der Waals surface area contributed by atoms with E-state index in [0.717, 1.165) is 27.3 Å². The second-order valence-corrected chi connectivity index (χ2v) is 5.95. The van der Waals surface area contributed by atoms with Gasteiger partial charge in [0.25, 0.3) is 0 Å². The lowest BCUT2D eigenvalue weighted by Crippen LogP contribution is -2.22. The minimum Gasteiger partial charge on any atom is -0.464 e. The van der Waals surface area contributed by atoms with E-state index < -0.39 is 0 Å². The first-order valence-electron chi connectivity index (χ1n) is 7.56. The van der Waals surface area contributed by atoms with Gasteiger partial charge in [0, 0.05) is 23.3 Å². The molecule has 1 aliphatic carbocycles. The molecule has 23 heavy (non-hydrogen) atoms. The SMILES string of the molecule is N#Cc1ccc2c(ccc3occ([C@H]4CCC(=O)CC4=O)c32)c1. The third-order valence-electron chi connectivity index (χ3n) is 4.56. The van der Waals surface area contributed by atoms with Crippen LogP contribution in [0, 0.1) is 11.3 Å². The van der Waals surface area contributed by atoms with E-state index >= 15 is 0 Å². The lowest BCUT2D eigenvalue weighted by Gasteiger charge is -2.19.